The third kappa shape index (κ3) is 4.00. The van der Waals surface area contributed by atoms with Crippen molar-refractivity contribution in [3.63, 3.8) is 0 Å². The van der Waals surface area contributed by atoms with Crippen LogP contribution in [0.5, 0.6) is 5.75 Å². The Labute approximate surface area is 130 Å². The van der Waals surface area contributed by atoms with Gasteiger partial charge in [0.1, 0.15) is 5.75 Å². The molecule has 0 saturated carbocycles. The monoisotopic (exact) mass is 317 g/mol. The number of nitrogens with zero attached hydrogens (tertiary/aromatic N) is 1. The molecule has 0 atom stereocenters. The number of phenols is 1. The molecule has 2 aromatic carbocycles. The molecule has 0 radical (unpaired) electrons. The van der Waals surface area contributed by atoms with Gasteiger partial charge in [-0.15, -0.1) is 0 Å². The van der Waals surface area contributed by atoms with Crippen LogP contribution in [-0.2, 0) is 0 Å². The summed E-state index contributed by atoms with van der Waals surface area (Å²) in [6.45, 7) is 0. The van der Waals surface area contributed by atoms with Crippen LogP contribution in [-0.4, -0.2) is 21.0 Å². The Hall–Kier alpha value is -3.00. The Morgan fingerprint density at radius 1 is 1.18 bits per heavy atom. The predicted octanol–water partition coefficient (Wildman–Crippen LogP) is 2.43. The summed E-state index contributed by atoms with van der Waals surface area (Å²) in [4.78, 5) is 22.1. The SMILES string of the molecule is O=C(NC(=S)Nc1cccc(O)c1)c1cccc([N+](=O)[O-])c1. The molecular formula is C14H11N3O4S. The second kappa shape index (κ2) is 6.64. The molecule has 0 aromatic heterocycles. The van der Waals surface area contributed by atoms with Crippen molar-refractivity contribution in [2.24, 2.45) is 0 Å². The lowest BCUT2D eigenvalue weighted by Gasteiger charge is -2.09. The van der Waals surface area contributed by atoms with Crippen LogP contribution in [0.2, 0.25) is 0 Å². The predicted molar refractivity (Wildman–Crippen MR) is 84.9 cm³/mol. The minimum atomic E-state index is -0.583. The fourth-order valence-corrected chi connectivity index (χ4v) is 1.89. The van der Waals surface area contributed by atoms with E-state index in [9.17, 15) is 20.0 Å². The van der Waals surface area contributed by atoms with Crippen LogP contribution in [0, 0.1) is 10.1 Å². The van der Waals surface area contributed by atoms with Gasteiger partial charge in [0.05, 0.1) is 4.92 Å². The van der Waals surface area contributed by atoms with E-state index in [0.29, 0.717) is 5.69 Å². The van der Waals surface area contributed by atoms with Gasteiger partial charge in [-0.2, -0.15) is 0 Å². The average Bonchev–Trinajstić information content (AvgIpc) is 2.47. The fourth-order valence-electron chi connectivity index (χ4n) is 1.68. The summed E-state index contributed by atoms with van der Waals surface area (Å²) in [5, 5.41) is 25.2. The van der Waals surface area contributed by atoms with E-state index in [1.165, 1.54) is 30.3 Å². The number of nitro benzene ring substituents is 1. The number of nitro groups is 1. The molecular weight excluding hydrogens is 306 g/mol. The highest BCUT2D eigenvalue weighted by molar-refractivity contribution is 7.80. The fraction of sp³-hybridized carbons (Fsp3) is 0. The molecule has 0 aliphatic rings. The molecule has 22 heavy (non-hydrogen) atoms. The first kappa shape index (κ1) is 15.4. The molecule has 0 aliphatic carbocycles. The number of benzene rings is 2. The molecule has 0 aliphatic heterocycles. The largest absolute Gasteiger partial charge is 0.508 e. The van der Waals surface area contributed by atoms with E-state index >= 15 is 0 Å². The normalized spacial score (nSPS) is 9.82. The van der Waals surface area contributed by atoms with Crippen LogP contribution in [0.3, 0.4) is 0 Å². The quantitative estimate of drug-likeness (QED) is 0.456. The van der Waals surface area contributed by atoms with Gasteiger partial charge < -0.3 is 10.4 Å². The van der Waals surface area contributed by atoms with Crippen molar-refractivity contribution < 1.29 is 14.8 Å². The first-order valence-corrected chi connectivity index (χ1v) is 6.52. The number of nitrogens with one attached hydrogen (secondary N) is 2. The number of carbonyl (C=O) groups excluding carboxylic acids is 1. The molecule has 2 rings (SSSR count). The molecule has 0 unspecified atom stereocenters. The molecule has 3 N–H and O–H groups in total. The highest BCUT2D eigenvalue weighted by Crippen LogP contribution is 2.15. The minimum absolute atomic E-state index is 0.0158. The van der Waals surface area contributed by atoms with Gasteiger partial charge in [0, 0.05) is 29.4 Å². The number of anilines is 1. The van der Waals surface area contributed by atoms with E-state index in [0.717, 1.165) is 6.07 Å². The van der Waals surface area contributed by atoms with Gasteiger partial charge in [0.25, 0.3) is 11.6 Å². The van der Waals surface area contributed by atoms with E-state index in [4.69, 9.17) is 12.2 Å². The van der Waals surface area contributed by atoms with Crippen LogP contribution in [0.4, 0.5) is 11.4 Å². The summed E-state index contributed by atoms with van der Waals surface area (Å²) < 4.78 is 0. The van der Waals surface area contributed by atoms with Gasteiger partial charge in [-0.05, 0) is 30.4 Å². The standard InChI is InChI=1S/C14H11N3O4S/c18-12-6-2-4-10(8-12)15-14(22)16-13(19)9-3-1-5-11(7-9)17(20)21/h1-8,18H,(H2,15,16,19,22). The van der Waals surface area contributed by atoms with Crippen LogP contribution in [0.1, 0.15) is 10.4 Å². The zero-order valence-electron chi connectivity index (χ0n) is 11.1. The first-order valence-electron chi connectivity index (χ1n) is 6.11. The highest BCUT2D eigenvalue weighted by Gasteiger charge is 2.12. The van der Waals surface area contributed by atoms with Crippen molar-refractivity contribution in [3.8, 4) is 5.75 Å². The molecule has 0 heterocycles. The number of carbonyl (C=O) groups is 1. The topological polar surface area (TPSA) is 104 Å². The van der Waals surface area contributed by atoms with E-state index in [1.807, 2.05) is 0 Å². The number of hydrogen-bond donors (Lipinski definition) is 3. The Morgan fingerprint density at radius 2 is 1.91 bits per heavy atom. The average molecular weight is 317 g/mol. The summed E-state index contributed by atoms with van der Waals surface area (Å²) in [7, 11) is 0. The molecule has 0 spiro atoms. The number of aromatic hydroxyl groups is 1. The lowest BCUT2D eigenvalue weighted by Crippen LogP contribution is -2.34. The van der Waals surface area contributed by atoms with Gasteiger partial charge >= 0.3 is 0 Å². The number of rotatable bonds is 3. The molecule has 0 saturated heterocycles. The summed E-state index contributed by atoms with van der Waals surface area (Å²) in [5.74, 6) is -0.515. The Morgan fingerprint density at radius 3 is 2.59 bits per heavy atom. The van der Waals surface area contributed by atoms with Crippen molar-refractivity contribution in [2.75, 3.05) is 5.32 Å². The van der Waals surface area contributed by atoms with Crippen LogP contribution < -0.4 is 10.6 Å². The lowest BCUT2D eigenvalue weighted by molar-refractivity contribution is -0.384. The van der Waals surface area contributed by atoms with E-state index in [1.54, 1.807) is 12.1 Å². The van der Waals surface area contributed by atoms with Crippen LogP contribution in [0.15, 0.2) is 48.5 Å². The van der Waals surface area contributed by atoms with Crippen LogP contribution in [0.25, 0.3) is 0 Å². The second-order valence-corrected chi connectivity index (χ2v) is 4.67. The second-order valence-electron chi connectivity index (χ2n) is 4.27. The highest BCUT2D eigenvalue weighted by atomic mass is 32.1. The Bertz CT molecular complexity index is 748. The maximum Gasteiger partial charge on any atom is 0.270 e. The molecule has 2 aromatic rings. The maximum absolute atomic E-state index is 12.0. The number of hydrogen-bond acceptors (Lipinski definition) is 5. The molecule has 1 amide bonds. The molecule has 112 valence electrons. The summed E-state index contributed by atoms with van der Waals surface area (Å²) in [6.07, 6.45) is 0. The molecule has 0 fully saturated rings. The zero-order chi connectivity index (χ0) is 16.1. The van der Waals surface area contributed by atoms with Gasteiger partial charge in [0.2, 0.25) is 0 Å². The van der Waals surface area contributed by atoms with Crippen molar-refractivity contribution in [3.05, 3.63) is 64.2 Å². The van der Waals surface area contributed by atoms with E-state index < -0.39 is 10.8 Å². The van der Waals surface area contributed by atoms with Crippen LogP contribution >= 0.6 is 12.2 Å². The minimum Gasteiger partial charge on any atom is -0.508 e. The summed E-state index contributed by atoms with van der Waals surface area (Å²) in [6, 6.07) is 11.5. The zero-order valence-corrected chi connectivity index (χ0v) is 12.0. The van der Waals surface area contributed by atoms with E-state index in [2.05, 4.69) is 10.6 Å². The van der Waals surface area contributed by atoms with Crippen molar-refractivity contribution >= 4 is 34.6 Å². The van der Waals surface area contributed by atoms with Gasteiger partial charge in [-0.1, -0.05) is 12.1 Å². The van der Waals surface area contributed by atoms with Gasteiger partial charge in [-0.25, -0.2) is 0 Å². The molecule has 7 nitrogen and oxygen atoms in total. The number of phenolic OH excluding ortho intramolecular Hbond substituents is 1. The Balaban J connectivity index is 2.04. The molecule has 8 heteroatoms. The Kier molecular flexibility index (Phi) is 4.64. The first-order chi connectivity index (χ1) is 10.5. The third-order valence-corrected chi connectivity index (χ3v) is 2.85. The smallest absolute Gasteiger partial charge is 0.270 e. The summed E-state index contributed by atoms with van der Waals surface area (Å²) in [5.41, 5.74) is 0.443. The van der Waals surface area contributed by atoms with Crippen molar-refractivity contribution in [2.45, 2.75) is 0 Å². The van der Waals surface area contributed by atoms with E-state index in [-0.39, 0.29) is 22.1 Å². The maximum atomic E-state index is 12.0. The summed E-state index contributed by atoms with van der Waals surface area (Å²) >= 11 is 4.98. The number of thiocarbonyl (C=S) groups is 1. The van der Waals surface area contributed by atoms with Crippen molar-refractivity contribution in [1.29, 1.82) is 0 Å². The third-order valence-electron chi connectivity index (χ3n) is 2.65. The number of amides is 1. The van der Waals surface area contributed by atoms with Crippen molar-refractivity contribution in [1.82, 2.24) is 5.32 Å². The van der Waals surface area contributed by atoms with Gasteiger partial charge in [-0.3, -0.25) is 20.2 Å². The number of non-ortho nitro benzene ring substituents is 1. The van der Waals surface area contributed by atoms with Gasteiger partial charge in [0.15, 0.2) is 5.11 Å². The molecule has 0 bridgehead atoms. The lowest BCUT2D eigenvalue weighted by atomic mass is 10.2.